The first-order chi connectivity index (χ1) is 15.6. The molecule has 0 spiro atoms. The molecule has 1 unspecified atom stereocenters. The normalized spacial score (nSPS) is 19.7. The third-order valence-corrected chi connectivity index (χ3v) is 6.39. The Hall–Kier alpha value is -3.21. The maximum Gasteiger partial charge on any atom is 0.258 e. The first-order valence-corrected chi connectivity index (χ1v) is 11.1. The fourth-order valence-corrected chi connectivity index (χ4v) is 5.11. The first kappa shape index (κ1) is 20.7. The third kappa shape index (κ3) is 3.56. The monoisotopic (exact) mass is 430 g/mol. The Kier molecular flexibility index (Phi) is 5.41. The molecule has 0 amide bonds. The van der Waals surface area contributed by atoms with Crippen LogP contribution in [0.5, 0.6) is 5.75 Å². The predicted molar refractivity (Wildman–Crippen MR) is 119 cm³/mol. The Morgan fingerprint density at radius 1 is 1.31 bits per heavy atom. The van der Waals surface area contributed by atoms with Crippen LogP contribution in [0.1, 0.15) is 43.0 Å². The molecule has 2 atom stereocenters. The maximum atomic E-state index is 9.51. The SMILES string of the molecule is CC(C)Oc1ccc(-c2nc(-c3cccc4c3CC3CCN(CCO)[C@H]43)no2)cc1C#N. The molecule has 0 saturated carbocycles. The van der Waals surface area contributed by atoms with Crippen LogP contribution in [0.25, 0.3) is 22.8 Å². The first-order valence-electron chi connectivity index (χ1n) is 11.1. The van der Waals surface area contributed by atoms with E-state index in [2.05, 4.69) is 27.2 Å². The van der Waals surface area contributed by atoms with Gasteiger partial charge in [-0.1, -0.05) is 23.4 Å². The Morgan fingerprint density at radius 2 is 2.19 bits per heavy atom. The zero-order valence-corrected chi connectivity index (χ0v) is 18.3. The van der Waals surface area contributed by atoms with E-state index in [0.717, 1.165) is 24.9 Å². The topological polar surface area (TPSA) is 95.4 Å². The summed E-state index contributed by atoms with van der Waals surface area (Å²) < 4.78 is 11.3. The van der Waals surface area contributed by atoms with E-state index in [1.54, 1.807) is 12.1 Å². The summed E-state index contributed by atoms with van der Waals surface area (Å²) >= 11 is 0. The fraction of sp³-hybridized carbons (Fsp3) is 0.400. The highest BCUT2D eigenvalue weighted by atomic mass is 16.5. The highest BCUT2D eigenvalue weighted by Gasteiger charge is 2.42. The van der Waals surface area contributed by atoms with E-state index in [1.807, 2.05) is 32.0 Å². The molecule has 1 N–H and O–H groups in total. The van der Waals surface area contributed by atoms with Gasteiger partial charge in [0.2, 0.25) is 5.82 Å². The summed E-state index contributed by atoms with van der Waals surface area (Å²) in [6, 6.07) is 14.2. The van der Waals surface area contributed by atoms with E-state index < -0.39 is 0 Å². The summed E-state index contributed by atoms with van der Waals surface area (Å²) in [7, 11) is 0. The molecule has 1 fully saturated rings. The zero-order chi connectivity index (χ0) is 22.2. The fourth-order valence-electron chi connectivity index (χ4n) is 5.11. The molecule has 7 nitrogen and oxygen atoms in total. The molecule has 1 aromatic heterocycles. The van der Waals surface area contributed by atoms with Crippen LogP contribution >= 0.6 is 0 Å². The van der Waals surface area contributed by atoms with Crippen LogP contribution in [-0.4, -0.2) is 45.9 Å². The van der Waals surface area contributed by atoms with Gasteiger partial charge in [0.25, 0.3) is 5.89 Å². The number of benzene rings is 2. The molecule has 1 saturated heterocycles. The third-order valence-electron chi connectivity index (χ3n) is 6.39. The molecule has 3 aromatic rings. The number of aromatic nitrogens is 2. The largest absolute Gasteiger partial charge is 0.490 e. The van der Waals surface area contributed by atoms with Gasteiger partial charge in [-0.2, -0.15) is 10.2 Å². The molecule has 164 valence electrons. The van der Waals surface area contributed by atoms with Gasteiger partial charge in [-0.25, -0.2) is 0 Å². The number of hydrogen-bond donors (Lipinski definition) is 1. The number of hydrogen-bond acceptors (Lipinski definition) is 7. The molecular formula is C25H26N4O3. The lowest BCUT2D eigenvalue weighted by Gasteiger charge is -2.24. The van der Waals surface area contributed by atoms with Crippen LogP contribution in [0.4, 0.5) is 0 Å². The molecule has 2 aromatic carbocycles. The van der Waals surface area contributed by atoms with Gasteiger partial charge in [-0.3, -0.25) is 4.90 Å². The van der Waals surface area contributed by atoms with Gasteiger partial charge < -0.3 is 14.4 Å². The Balaban J connectivity index is 1.46. The standard InChI is InChI=1S/C25H26N4O3/c1-15(2)31-22-7-6-17(12-18(22)14-26)25-27-24(28-32-25)20-5-3-4-19-21(20)13-16-8-9-29(10-11-30)23(16)19/h3-7,12,15-16,23,30H,8-11,13H2,1-2H3/t16?,23-/m0/s1. The van der Waals surface area contributed by atoms with Gasteiger partial charge >= 0.3 is 0 Å². The van der Waals surface area contributed by atoms with Gasteiger partial charge in [0.1, 0.15) is 11.8 Å². The quantitative estimate of drug-likeness (QED) is 0.632. The van der Waals surface area contributed by atoms with Crippen molar-refractivity contribution in [2.45, 2.75) is 38.8 Å². The van der Waals surface area contributed by atoms with E-state index in [1.165, 1.54) is 11.1 Å². The smallest absolute Gasteiger partial charge is 0.258 e. The van der Waals surface area contributed by atoms with Crippen LogP contribution in [0.15, 0.2) is 40.9 Å². The number of β-amino-alcohol motifs (C(OH)–C–C–N with tert-alkyl or cyclic N) is 1. The van der Waals surface area contributed by atoms with Gasteiger partial charge in [0.15, 0.2) is 0 Å². The molecule has 0 bridgehead atoms. The minimum atomic E-state index is -0.0177. The minimum absolute atomic E-state index is 0.0177. The van der Waals surface area contributed by atoms with Crippen molar-refractivity contribution < 1.29 is 14.4 Å². The van der Waals surface area contributed by atoms with Crippen LogP contribution in [-0.2, 0) is 6.42 Å². The Bertz CT molecular complexity index is 1180. The Labute approximate surface area is 187 Å². The van der Waals surface area contributed by atoms with Crippen molar-refractivity contribution in [1.29, 1.82) is 5.26 Å². The second kappa shape index (κ2) is 8.38. The van der Waals surface area contributed by atoms with Crippen molar-refractivity contribution in [3.05, 3.63) is 53.1 Å². The zero-order valence-electron chi connectivity index (χ0n) is 18.3. The minimum Gasteiger partial charge on any atom is -0.490 e. The lowest BCUT2D eigenvalue weighted by atomic mass is 10.0. The van der Waals surface area contributed by atoms with E-state index in [0.29, 0.717) is 47.1 Å². The summed E-state index contributed by atoms with van der Waals surface area (Å²) in [5.74, 6) is 2.05. The van der Waals surface area contributed by atoms with Gasteiger partial charge in [-0.15, -0.1) is 0 Å². The highest BCUT2D eigenvalue weighted by molar-refractivity contribution is 5.67. The molecule has 1 aliphatic carbocycles. The van der Waals surface area contributed by atoms with Crippen molar-refractivity contribution >= 4 is 0 Å². The predicted octanol–water partition coefficient (Wildman–Crippen LogP) is 3.97. The number of aliphatic hydroxyl groups is 1. The number of ether oxygens (including phenoxy) is 1. The van der Waals surface area contributed by atoms with E-state index in [-0.39, 0.29) is 12.7 Å². The van der Waals surface area contributed by atoms with E-state index in [9.17, 15) is 10.4 Å². The number of aliphatic hydroxyl groups excluding tert-OH is 1. The summed E-state index contributed by atoms with van der Waals surface area (Å²) in [6.07, 6.45) is 2.11. The molecule has 7 heteroatoms. The van der Waals surface area contributed by atoms with Crippen molar-refractivity contribution in [1.82, 2.24) is 15.0 Å². The number of nitrogens with zero attached hydrogens (tertiary/aromatic N) is 4. The molecular weight excluding hydrogens is 404 g/mol. The number of nitriles is 1. The second-order valence-corrected chi connectivity index (χ2v) is 8.74. The number of likely N-dealkylation sites (tertiary alicyclic amines) is 1. The van der Waals surface area contributed by atoms with Crippen LogP contribution in [0, 0.1) is 17.2 Å². The molecule has 32 heavy (non-hydrogen) atoms. The van der Waals surface area contributed by atoms with Crippen LogP contribution in [0.2, 0.25) is 0 Å². The van der Waals surface area contributed by atoms with E-state index >= 15 is 0 Å². The summed E-state index contributed by atoms with van der Waals surface area (Å²) in [5.41, 5.74) is 4.71. The van der Waals surface area contributed by atoms with E-state index in [4.69, 9.17) is 9.26 Å². The summed E-state index contributed by atoms with van der Waals surface area (Å²) in [4.78, 5) is 7.04. The average Bonchev–Trinajstić information content (AvgIpc) is 3.50. The second-order valence-electron chi connectivity index (χ2n) is 8.74. The van der Waals surface area contributed by atoms with Crippen LogP contribution in [0.3, 0.4) is 0 Å². The van der Waals surface area contributed by atoms with Gasteiger partial charge in [0.05, 0.1) is 18.3 Å². The van der Waals surface area contributed by atoms with Gasteiger partial charge in [-0.05, 0) is 68.5 Å². The Morgan fingerprint density at radius 3 is 2.97 bits per heavy atom. The van der Waals surface area contributed by atoms with Crippen molar-refractivity contribution in [2.75, 3.05) is 19.7 Å². The molecule has 0 radical (unpaired) electrons. The van der Waals surface area contributed by atoms with Crippen molar-refractivity contribution in [3.63, 3.8) is 0 Å². The summed E-state index contributed by atoms with van der Waals surface area (Å²) in [5, 5.41) is 23.2. The molecule has 5 rings (SSSR count). The molecule has 2 heterocycles. The highest BCUT2D eigenvalue weighted by Crippen LogP contribution is 2.48. The molecule has 2 aliphatic rings. The van der Waals surface area contributed by atoms with Gasteiger partial charge in [0, 0.05) is 23.7 Å². The number of fused-ring (bicyclic) bond motifs is 3. The van der Waals surface area contributed by atoms with Crippen LogP contribution < -0.4 is 4.74 Å². The number of rotatable bonds is 6. The summed E-state index contributed by atoms with van der Waals surface area (Å²) in [6.45, 7) is 5.76. The maximum absolute atomic E-state index is 9.51. The lowest BCUT2D eigenvalue weighted by Crippen LogP contribution is -2.26. The average molecular weight is 431 g/mol. The molecule has 1 aliphatic heterocycles. The van der Waals surface area contributed by atoms with Crippen molar-refractivity contribution in [2.24, 2.45) is 5.92 Å². The van der Waals surface area contributed by atoms with Crippen molar-refractivity contribution in [3.8, 4) is 34.7 Å². The lowest BCUT2D eigenvalue weighted by molar-refractivity contribution is 0.177.